The van der Waals surface area contributed by atoms with Crippen LogP contribution in [-0.2, 0) is 6.42 Å². The van der Waals surface area contributed by atoms with Crippen molar-refractivity contribution in [3.05, 3.63) is 35.9 Å². The molecular weight excluding hydrogens is 256 g/mol. The molecule has 2 heteroatoms. The van der Waals surface area contributed by atoms with Gasteiger partial charge in [-0.05, 0) is 50.6 Å². The molecule has 0 aromatic heterocycles. The molecule has 1 heterocycles. The molecule has 1 saturated heterocycles. The Labute approximate surface area is 129 Å². The summed E-state index contributed by atoms with van der Waals surface area (Å²) in [5, 5.41) is 3.89. The first-order valence-electron chi connectivity index (χ1n) is 8.74. The van der Waals surface area contributed by atoms with Crippen LogP contribution >= 0.6 is 0 Å². The molecule has 1 aliphatic heterocycles. The SMILES string of the molecule is CCCCN1CC(C)(C2CC2)NCC1Cc1ccccc1. The highest BCUT2D eigenvalue weighted by atomic mass is 15.3. The summed E-state index contributed by atoms with van der Waals surface area (Å²) < 4.78 is 0. The van der Waals surface area contributed by atoms with Gasteiger partial charge in [0.2, 0.25) is 0 Å². The van der Waals surface area contributed by atoms with Crippen LogP contribution < -0.4 is 5.32 Å². The first kappa shape index (κ1) is 15.1. The second-order valence-electron chi connectivity index (χ2n) is 7.24. The zero-order valence-electron chi connectivity index (χ0n) is 13.6. The second kappa shape index (κ2) is 6.50. The molecule has 21 heavy (non-hydrogen) atoms. The third-order valence-electron chi connectivity index (χ3n) is 5.38. The lowest BCUT2D eigenvalue weighted by molar-refractivity contribution is 0.0737. The Bertz CT molecular complexity index is 440. The normalized spacial score (nSPS) is 30.5. The van der Waals surface area contributed by atoms with Gasteiger partial charge >= 0.3 is 0 Å². The summed E-state index contributed by atoms with van der Waals surface area (Å²) in [5.74, 6) is 0.916. The van der Waals surface area contributed by atoms with E-state index in [1.807, 2.05) is 0 Å². The molecule has 1 saturated carbocycles. The van der Waals surface area contributed by atoms with Crippen LogP contribution in [0.1, 0.15) is 45.1 Å². The van der Waals surface area contributed by atoms with Gasteiger partial charge in [0.05, 0.1) is 0 Å². The fraction of sp³-hybridized carbons (Fsp3) is 0.684. The van der Waals surface area contributed by atoms with Crippen molar-refractivity contribution in [3.8, 4) is 0 Å². The molecule has 1 aliphatic carbocycles. The van der Waals surface area contributed by atoms with Crippen LogP contribution in [0.25, 0.3) is 0 Å². The zero-order valence-corrected chi connectivity index (χ0v) is 13.6. The van der Waals surface area contributed by atoms with Gasteiger partial charge in [-0.15, -0.1) is 0 Å². The van der Waals surface area contributed by atoms with Crippen molar-refractivity contribution in [2.24, 2.45) is 5.92 Å². The number of rotatable bonds is 6. The van der Waals surface area contributed by atoms with Crippen LogP contribution in [0.3, 0.4) is 0 Å². The Morgan fingerprint density at radius 1 is 1.24 bits per heavy atom. The molecule has 1 N–H and O–H groups in total. The van der Waals surface area contributed by atoms with E-state index < -0.39 is 0 Å². The van der Waals surface area contributed by atoms with Gasteiger partial charge in [0, 0.05) is 24.7 Å². The van der Waals surface area contributed by atoms with Crippen molar-refractivity contribution in [1.82, 2.24) is 10.2 Å². The molecule has 0 spiro atoms. The summed E-state index contributed by atoms with van der Waals surface area (Å²) >= 11 is 0. The third-order valence-corrected chi connectivity index (χ3v) is 5.38. The van der Waals surface area contributed by atoms with Crippen LogP contribution in [0.15, 0.2) is 30.3 Å². The maximum atomic E-state index is 3.89. The predicted octanol–water partition coefficient (Wildman–Crippen LogP) is 3.47. The molecular formula is C19H30N2. The highest BCUT2D eigenvalue weighted by Gasteiger charge is 2.45. The van der Waals surface area contributed by atoms with E-state index in [9.17, 15) is 0 Å². The molecule has 1 aromatic rings. The van der Waals surface area contributed by atoms with Gasteiger partial charge in [-0.25, -0.2) is 0 Å². The number of nitrogens with zero attached hydrogens (tertiary/aromatic N) is 1. The number of nitrogens with one attached hydrogen (secondary N) is 1. The van der Waals surface area contributed by atoms with E-state index >= 15 is 0 Å². The van der Waals surface area contributed by atoms with Gasteiger partial charge in [-0.1, -0.05) is 43.7 Å². The van der Waals surface area contributed by atoms with Gasteiger partial charge in [0.25, 0.3) is 0 Å². The lowest BCUT2D eigenvalue weighted by Gasteiger charge is -2.47. The first-order chi connectivity index (χ1) is 10.2. The maximum absolute atomic E-state index is 3.89. The van der Waals surface area contributed by atoms with E-state index in [-0.39, 0.29) is 0 Å². The number of hydrogen-bond acceptors (Lipinski definition) is 2. The quantitative estimate of drug-likeness (QED) is 0.861. The van der Waals surface area contributed by atoms with E-state index in [0.29, 0.717) is 11.6 Å². The molecule has 116 valence electrons. The smallest absolute Gasteiger partial charge is 0.0309 e. The van der Waals surface area contributed by atoms with Crippen LogP contribution in [-0.4, -0.2) is 36.1 Å². The van der Waals surface area contributed by atoms with Crippen LogP contribution in [0.2, 0.25) is 0 Å². The minimum atomic E-state index is 0.362. The average Bonchev–Trinajstić information content (AvgIpc) is 3.34. The third kappa shape index (κ3) is 3.67. The summed E-state index contributed by atoms with van der Waals surface area (Å²) in [4.78, 5) is 2.77. The molecule has 2 fully saturated rings. The lowest BCUT2D eigenvalue weighted by Crippen LogP contribution is -2.64. The minimum Gasteiger partial charge on any atom is -0.308 e. The standard InChI is InChI=1S/C19H30N2/c1-3-4-12-21-15-19(2,17-10-11-17)20-14-18(21)13-16-8-6-5-7-9-16/h5-9,17-18,20H,3-4,10-15H2,1-2H3. The molecule has 2 nitrogen and oxygen atoms in total. The molecule has 3 rings (SSSR count). The van der Waals surface area contributed by atoms with Gasteiger partial charge in [-0.3, -0.25) is 4.90 Å². The summed E-state index contributed by atoms with van der Waals surface area (Å²) in [5.41, 5.74) is 1.84. The van der Waals surface area contributed by atoms with Gasteiger partial charge in [0.15, 0.2) is 0 Å². The van der Waals surface area contributed by atoms with E-state index in [0.717, 1.165) is 12.5 Å². The largest absolute Gasteiger partial charge is 0.308 e. The molecule has 2 aliphatic rings. The monoisotopic (exact) mass is 286 g/mol. The van der Waals surface area contributed by atoms with E-state index in [1.54, 1.807) is 0 Å². The Kier molecular flexibility index (Phi) is 4.66. The number of hydrogen-bond donors (Lipinski definition) is 1. The summed E-state index contributed by atoms with van der Waals surface area (Å²) in [7, 11) is 0. The summed E-state index contributed by atoms with van der Waals surface area (Å²) in [6, 6.07) is 11.6. The van der Waals surface area contributed by atoms with Gasteiger partial charge in [0.1, 0.15) is 0 Å². The summed E-state index contributed by atoms with van der Waals surface area (Å²) in [6.07, 6.45) is 6.65. The van der Waals surface area contributed by atoms with E-state index in [4.69, 9.17) is 0 Å². The molecule has 2 atom stereocenters. The lowest BCUT2D eigenvalue weighted by atomic mass is 9.89. The number of piperazine rings is 1. The molecule has 1 aromatic carbocycles. The molecule has 0 bridgehead atoms. The first-order valence-corrected chi connectivity index (χ1v) is 8.74. The Hall–Kier alpha value is -0.860. The summed E-state index contributed by atoms with van der Waals surface area (Å²) in [6.45, 7) is 8.38. The van der Waals surface area contributed by atoms with Crippen LogP contribution in [0.4, 0.5) is 0 Å². The molecule has 0 amide bonds. The number of unbranched alkanes of at least 4 members (excludes halogenated alkanes) is 1. The second-order valence-corrected chi connectivity index (χ2v) is 7.24. The van der Waals surface area contributed by atoms with Crippen molar-refractivity contribution < 1.29 is 0 Å². The highest BCUT2D eigenvalue weighted by molar-refractivity contribution is 5.17. The van der Waals surface area contributed by atoms with Crippen molar-refractivity contribution in [2.75, 3.05) is 19.6 Å². The van der Waals surface area contributed by atoms with E-state index in [1.165, 1.54) is 50.8 Å². The van der Waals surface area contributed by atoms with Crippen molar-refractivity contribution in [1.29, 1.82) is 0 Å². The zero-order chi connectivity index (χ0) is 14.7. The van der Waals surface area contributed by atoms with Gasteiger partial charge in [-0.2, -0.15) is 0 Å². The Morgan fingerprint density at radius 2 is 2.00 bits per heavy atom. The van der Waals surface area contributed by atoms with E-state index in [2.05, 4.69) is 54.4 Å². The molecule has 2 unspecified atom stereocenters. The van der Waals surface area contributed by atoms with Crippen LogP contribution in [0.5, 0.6) is 0 Å². The van der Waals surface area contributed by atoms with Crippen LogP contribution in [0, 0.1) is 5.92 Å². The number of benzene rings is 1. The van der Waals surface area contributed by atoms with Gasteiger partial charge < -0.3 is 5.32 Å². The fourth-order valence-electron chi connectivity index (χ4n) is 3.79. The predicted molar refractivity (Wildman–Crippen MR) is 89.5 cm³/mol. The Morgan fingerprint density at radius 3 is 2.67 bits per heavy atom. The van der Waals surface area contributed by atoms with Crippen molar-refractivity contribution >= 4 is 0 Å². The topological polar surface area (TPSA) is 15.3 Å². The minimum absolute atomic E-state index is 0.362. The van der Waals surface area contributed by atoms with Crippen molar-refractivity contribution in [2.45, 2.75) is 57.5 Å². The Balaban J connectivity index is 1.66. The fourth-order valence-corrected chi connectivity index (χ4v) is 3.79. The maximum Gasteiger partial charge on any atom is 0.0309 e. The van der Waals surface area contributed by atoms with Crippen molar-refractivity contribution in [3.63, 3.8) is 0 Å². The highest BCUT2D eigenvalue weighted by Crippen LogP contribution is 2.41. The average molecular weight is 286 g/mol. The molecule has 0 radical (unpaired) electrons.